The van der Waals surface area contributed by atoms with Crippen LogP contribution >= 0.6 is 0 Å². The van der Waals surface area contributed by atoms with E-state index < -0.39 is 0 Å². The summed E-state index contributed by atoms with van der Waals surface area (Å²) in [7, 11) is 0. The lowest BCUT2D eigenvalue weighted by molar-refractivity contribution is 0.932. The summed E-state index contributed by atoms with van der Waals surface area (Å²) in [5, 5.41) is 0. The summed E-state index contributed by atoms with van der Waals surface area (Å²) in [6, 6.07) is 5.93. The van der Waals surface area contributed by atoms with Crippen LogP contribution in [0.4, 0.5) is 0 Å². The van der Waals surface area contributed by atoms with Crippen molar-refractivity contribution in [1.29, 1.82) is 0 Å². The molecule has 0 N–H and O–H groups in total. The van der Waals surface area contributed by atoms with Gasteiger partial charge in [-0.1, -0.05) is 13.0 Å². The van der Waals surface area contributed by atoms with Crippen LogP contribution in [-0.4, -0.2) is 17.7 Å². The van der Waals surface area contributed by atoms with Gasteiger partial charge in [-0.2, -0.15) is 0 Å². The quantitative estimate of drug-likeness (QED) is 0.622. The Hall–Kier alpha value is -1.18. The van der Waals surface area contributed by atoms with Crippen LogP contribution in [0.5, 0.6) is 0 Å². The second kappa shape index (κ2) is 5.47. The van der Waals surface area contributed by atoms with Gasteiger partial charge in [-0.15, -0.1) is 0 Å². The molecule has 0 spiro atoms. The summed E-state index contributed by atoms with van der Waals surface area (Å²) in [6.07, 6.45) is 5.70. The van der Waals surface area contributed by atoms with E-state index in [0.717, 1.165) is 25.1 Å². The van der Waals surface area contributed by atoms with Crippen LogP contribution in [0.15, 0.2) is 29.4 Å². The predicted octanol–water partition coefficient (Wildman–Crippen LogP) is 2.10. The summed E-state index contributed by atoms with van der Waals surface area (Å²) in [4.78, 5) is 8.41. The minimum absolute atomic E-state index is 0.848. The maximum Gasteiger partial charge on any atom is 0.0456 e. The van der Waals surface area contributed by atoms with Gasteiger partial charge in [-0.3, -0.25) is 9.98 Å². The number of pyridine rings is 1. The molecule has 0 amide bonds. The highest BCUT2D eigenvalue weighted by Crippen LogP contribution is 1.92. The third-order valence-corrected chi connectivity index (χ3v) is 1.51. The fraction of sp³-hybridized carbons (Fsp3) is 0.400. The van der Waals surface area contributed by atoms with Crippen molar-refractivity contribution in [1.82, 2.24) is 4.98 Å². The molecule has 1 rings (SSSR count). The molecule has 12 heavy (non-hydrogen) atoms. The lowest BCUT2D eigenvalue weighted by atomic mass is 10.3. The molecule has 0 bridgehead atoms. The van der Waals surface area contributed by atoms with Crippen molar-refractivity contribution >= 4 is 6.21 Å². The maximum absolute atomic E-state index is 4.22. The topological polar surface area (TPSA) is 25.2 Å². The Morgan fingerprint density at radius 1 is 1.50 bits per heavy atom. The Morgan fingerprint density at radius 3 is 3.08 bits per heavy atom. The van der Waals surface area contributed by atoms with Gasteiger partial charge in [0.2, 0.25) is 0 Å². The van der Waals surface area contributed by atoms with Gasteiger partial charge < -0.3 is 0 Å². The zero-order valence-electron chi connectivity index (χ0n) is 7.40. The van der Waals surface area contributed by atoms with E-state index in [1.807, 2.05) is 30.6 Å². The molecule has 0 aliphatic carbocycles. The third kappa shape index (κ3) is 3.28. The van der Waals surface area contributed by atoms with E-state index in [0.29, 0.717) is 0 Å². The third-order valence-electron chi connectivity index (χ3n) is 1.51. The number of nitrogens with zero attached hydrogens (tertiary/aromatic N) is 2. The van der Waals surface area contributed by atoms with Gasteiger partial charge in [-0.05, 0) is 18.6 Å². The summed E-state index contributed by atoms with van der Waals surface area (Å²) >= 11 is 0. The van der Waals surface area contributed by atoms with Crippen LogP contribution in [0.2, 0.25) is 0 Å². The highest BCUT2D eigenvalue weighted by Gasteiger charge is 1.86. The molecular formula is C10H14N2. The Labute approximate surface area is 73.4 Å². The van der Waals surface area contributed by atoms with Gasteiger partial charge in [0.1, 0.15) is 0 Å². The minimum Gasteiger partial charge on any atom is -0.297 e. The lowest BCUT2D eigenvalue weighted by Gasteiger charge is -1.92. The van der Waals surface area contributed by atoms with E-state index in [1.54, 1.807) is 0 Å². The molecule has 0 aliphatic heterocycles. The second-order valence-electron chi connectivity index (χ2n) is 2.61. The monoisotopic (exact) mass is 162 g/mol. The molecule has 0 aliphatic rings. The molecule has 2 heteroatoms. The van der Waals surface area contributed by atoms with Crippen molar-refractivity contribution in [2.24, 2.45) is 4.99 Å². The average molecular weight is 162 g/mol. The van der Waals surface area contributed by atoms with Gasteiger partial charge in [0.25, 0.3) is 0 Å². The molecular weight excluding hydrogens is 148 g/mol. The highest BCUT2D eigenvalue weighted by molar-refractivity contribution is 5.60. The number of hydrogen-bond acceptors (Lipinski definition) is 2. The molecule has 0 unspecified atom stereocenters. The van der Waals surface area contributed by atoms with Crippen molar-refractivity contribution in [3.63, 3.8) is 0 Å². The summed E-state index contributed by atoms with van der Waals surface area (Å²) < 4.78 is 0. The van der Waals surface area contributed by atoms with Crippen LogP contribution in [0.25, 0.3) is 0 Å². The van der Waals surface area contributed by atoms with Crippen LogP contribution in [-0.2, 0) is 6.42 Å². The maximum atomic E-state index is 4.22. The normalized spacial score (nSPS) is 10.8. The van der Waals surface area contributed by atoms with Crippen LogP contribution in [0, 0.1) is 0 Å². The van der Waals surface area contributed by atoms with Crippen LogP contribution < -0.4 is 0 Å². The first-order valence-corrected chi connectivity index (χ1v) is 4.31. The molecule has 2 nitrogen and oxygen atoms in total. The van der Waals surface area contributed by atoms with Crippen molar-refractivity contribution in [3.8, 4) is 0 Å². The Balaban J connectivity index is 2.33. The molecule has 0 saturated heterocycles. The largest absolute Gasteiger partial charge is 0.297 e. The van der Waals surface area contributed by atoms with E-state index in [4.69, 9.17) is 0 Å². The standard InChI is InChI=1S/C10H14N2/c1-2-7-11-9-6-10-5-3-4-8-12-10/h3-5,8-9H,2,6-7H2,1H3/b11-9-. The zero-order valence-corrected chi connectivity index (χ0v) is 7.40. The smallest absolute Gasteiger partial charge is 0.0456 e. The molecule has 0 fully saturated rings. The van der Waals surface area contributed by atoms with Gasteiger partial charge in [0, 0.05) is 31.1 Å². The minimum atomic E-state index is 0.848. The van der Waals surface area contributed by atoms with E-state index in [-0.39, 0.29) is 0 Å². The van der Waals surface area contributed by atoms with Gasteiger partial charge in [0.15, 0.2) is 0 Å². The fourth-order valence-corrected chi connectivity index (χ4v) is 0.897. The molecule has 1 heterocycles. The fourth-order valence-electron chi connectivity index (χ4n) is 0.897. The van der Waals surface area contributed by atoms with E-state index in [1.165, 1.54) is 0 Å². The Bertz CT molecular complexity index is 229. The number of hydrogen-bond donors (Lipinski definition) is 0. The van der Waals surface area contributed by atoms with Crippen molar-refractivity contribution < 1.29 is 0 Å². The number of aromatic nitrogens is 1. The SMILES string of the molecule is CCC/N=C\Cc1ccccn1. The molecule has 0 radical (unpaired) electrons. The molecule has 0 atom stereocenters. The van der Waals surface area contributed by atoms with Gasteiger partial charge >= 0.3 is 0 Å². The van der Waals surface area contributed by atoms with Crippen molar-refractivity contribution in [2.75, 3.05) is 6.54 Å². The second-order valence-corrected chi connectivity index (χ2v) is 2.61. The van der Waals surface area contributed by atoms with E-state index >= 15 is 0 Å². The first-order chi connectivity index (χ1) is 5.93. The summed E-state index contributed by atoms with van der Waals surface area (Å²) in [5.74, 6) is 0. The molecule has 1 aromatic rings. The van der Waals surface area contributed by atoms with Crippen molar-refractivity contribution in [2.45, 2.75) is 19.8 Å². The first kappa shape index (κ1) is 8.91. The van der Waals surface area contributed by atoms with E-state index in [2.05, 4.69) is 16.9 Å². The highest BCUT2D eigenvalue weighted by atomic mass is 14.7. The first-order valence-electron chi connectivity index (χ1n) is 4.31. The Morgan fingerprint density at radius 2 is 2.42 bits per heavy atom. The summed E-state index contributed by atoms with van der Waals surface area (Å²) in [6.45, 7) is 3.05. The van der Waals surface area contributed by atoms with Gasteiger partial charge in [0.05, 0.1) is 0 Å². The average Bonchev–Trinajstić information content (AvgIpc) is 2.14. The molecule has 1 aromatic heterocycles. The van der Waals surface area contributed by atoms with Crippen LogP contribution in [0.1, 0.15) is 19.0 Å². The molecule has 64 valence electrons. The molecule has 0 saturated carbocycles. The lowest BCUT2D eigenvalue weighted by Crippen LogP contribution is -1.90. The predicted molar refractivity (Wildman–Crippen MR) is 51.6 cm³/mol. The number of rotatable bonds is 4. The Kier molecular flexibility index (Phi) is 4.06. The number of aliphatic imine (C=N–C) groups is 1. The van der Waals surface area contributed by atoms with Gasteiger partial charge in [-0.25, -0.2) is 0 Å². The van der Waals surface area contributed by atoms with Crippen molar-refractivity contribution in [3.05, 3.63) is 30.1 Å². The zero-order chi connectivity index (χ0) is 8.65. The summed E-state index contributed by atoms with van der Waals surface area (Å²) in [5.41, 5.74) is 1.08. The van der Waals surface area contributed by atoms with E-state index in [9.17, 15) is 0 Å². The van der Waals surface area contributed by atoms with Crippen LogP contribution in [0.3, 0.4) is 0 Å². The molecule has 0 aromatic carbocycles.